The number of carbonyl (C=O) groups excluding carboxylic acids is 1. The van der Waals surface area contributed by atoms with Crippen molar-refractivity contribution in [1.29, 1.82) is 0 Å². The molecule has 0 aliphatic carbocycles. The third-order valence-electron chi connectivity index (χ3n) is 5.60. The number of likely N-dealkylation sites (N-methyl/N-ethyl adjacent to an activating group) is 1. The molecule has 1 aromatic rings. The highest BCUT2D eigenvalue weighted by atomic mass is 16.2. The minimum absolute atomic E-state index is 0.0474. The van der Waals surface area contributed by atoms with Gasteiger partial charge in [0.25, 0.3) is 0 Å². The minimum atomic E-state index is 0.0474. The van der Waals surface area contributed by atoms with Crippen LogP contribution in [0.2, 0.25) is 0 Å². The Morgan fingerprint density at radius 3 is 2.52 bits per heavy atom. The highest BCUT2D eigenvalue weighted by Gasteiger charge is 2.27. The second-order valence-corrected chi connectivity index (χ2v) is 7.55. The standard InChI is InChI=1S/C20H32N4O/c1-17-8-6-7-11-24(17)20(25)21-19(18-9-4-3-5-10-18)16-23-14-12-22(2)13-15-23/h3-5,9-10,17,19H,6-8,11-16H2,1-2H3,(H,21,25)/t17-,19+/m0/s1. The molecule has 0 bridgehead atoms. The van der Waals surface area contributed by atoms with Gasteiger partial charge in [0.2, 0.25) is 0 Å². The van der Waals surface area contributed by atoms with Gasteiger partial charge < -0.3 is 15.1 Å². The van der Waals surface area contributed by atoms with E-state index in [2.05, 4.69) is 53.4 Å². The molecule has 0 aromatic heterocycles. The van der Waals surface area contributed by atoms with E-state index in [1.165, 1.54) is 12.0 Å². The molecule has 0 saturated carbocycles. The van der Waals surface area contributed by atoms with E-state index in [9.17, 15) is 4.79 Å². The highest BCUT2D eigenvalue weighted by Crippen LogP contribution is 2.20. The van der Waals surface area contributed by atoms with Gasteiger partial charge in [0.1, 0.15) is 0 Å². The predicted octanol–water partition coefficient (Wildman–Crippen LogP) is 2.56. The summed E-state index contributed by atoms with van der Waals surface area (Å²) in [6, 6.07) is 10.9. The number of piperidine rings is 1. The summed E-state index contributed by atoms with van der Waals surface area (Å²) in [6.45, 7) is 8.24. The summed E-state index contributed by atoms with van der Waals surface area (Å²) in [5, 5.41) is 3.32. The van der Waals surface area contributed by atoms with Crippen LogP contribution in [0.1, 0.15) is 37.8 Å². The lowest BCUT2D eigenvalue weighted by atomic mass is 10.0. The van der Waals surface area contributed by atoms with E-state index in [1.807, 2.05) is 11.0 Å². The third kappa shape index (κ3) is 4.95. The van der Waals surface area contributed by atoms with Gasteiger partial charge in [0.05, 0.1) is 6.04 Å². The number of benzene rings is 1. The average molecular weight is 345 g/mol. The number of hydrogen-bond acceptors (Lipinski definition) is 3. The van der Waals surface area contributed by atoms with Crippen LogP contribution in [0, 0.1) is 0 Å². The number of likely N-dealkylation sites (tertiary alicyclic amines) is 1. The summed E-state index contributed by atoms with van der Waals surface area (Å²) < 4.78 is 0. The summed E-state index contributed by atoms with van der Waals surface area (Å²) in [5.74, 6) is 0. The van der Waals surface area contributed by atoms with Gasteiger partial charge in [0.15, 0.2) is 0 Å². The van der Waals surface area contributed by atoms with Gasteiger partial charge in [0, 0.05) is 45.3 Å². The molecule has 25 heavy (non-hydrogen) atoms. The number of nitrogens with zero attached hydrogens (tertiary/aromatic N) is 3. The van der Waals surface area contributed by atoms with E-state index >= 15 is 0 Å². The number of piperazine rings is 1. The molecule has 2 amide bonds. The largest absolute Gasteiger partial charge is 0.330 e. The van der Waals surface area contributed by atoms with Gasteiger partial charge in [-0.15, -0.1) is 0 Å². The molecule has 2 heterocycles. The molecule has 1 N–H and O–H groups in total. The van der Waals surface area contributed by atoms with Crippen LogP contribution in [0.4, 0.5) is 4.79 Å². The van der Waals surface area contributed by atoms with E-state index in [-0.39, 0.29) is 12.1 Å². The lowest BCUT2D eigenvalue weighted by Crippen LogP contribution is -2.51. The number of carbonyl (C=O) groups is 1. The first-order valence-electron chi connectivity index (χ1n) is 9.66. The van der Waals surface area contributed by atoms with Crippen molar-refractivity contribution in [1.82, 2.24) is 20.0 Å². The molecule has 5 heteroatoms. The van der Waals surface area contributed by atoms with Crippen LogP contribution in [-0.2, 0) is 0 Å². The first-order valence-corrected chi connectivity index (χ1v) is 9.66. The lowest BCUT2D eigenvalue weighted by Gasteiger charge is -2.37. The van der Waals surface area contributed by atoms with E-state index in [1.54, 1.807) is 0 Å². The smallest absolute Gasteiger partial charge is 0.318 e. The Kier molecular flexibility index (Phi) is 6.32. The highest BCUT2D eigenvalue weighted by molar-refractivity contribution is 5.75. The van der Waals surface area contributed by atoms with E-state index < -0.39 is 0 Å². The molecule has 2 atom stereocenters. The predicted molar refractivity (Wildman–Crippen MR) is 102 cm³/mol. The van der Waals surface area contributed by atoms with Crippen molar-refractivity contribution in [3.63, 3.8) is 0 Å². The van der Waals surface area contributed by atoms with Crippen molar-refractivity contribution in [2.24, 2.45) is 0 Å². The summed E-state index contributed by atoms with van der Waals surface area (Å²) >= 11 is 0. The Balaban J connectivity index is 1.67. The first kappa shape index (κ1) is 18.2. The van der Waals surface area contributed by atoms with Crippen molar-refractivity contribution in [2.45, 2.75) is 38.3 Å². The summed E-state index contributed by atoms with van der Waals surface area (Å²) in [5.41, 5.74) is 1.19. The van der Waals surface area contributed by atoms with Gasteiger partial charge in [-0.1, -0.05) is 30.3 Å². The number of rotatable bonds is 4. The van der Waals surface area contributed by atoms with Gasteiger partial charge in [-0.25, -0.2) is 4.79 Å². The van der Waals surface area contributed by atoms with Crippen molar-refractivity contribution in [3.05, 3.63) is 35.9 Å². The number of hydrogen-bond donors (Lipinski definition) is 1. The molecule has 0 spiro atoms. The summed E-state index contributed by atoms with van der Waals surface area (Å²) in [7, 11) is 2.17. The molecule has 0 radical (unpaired) electrons. The van der Waals surface area contributed by atoms with Gasteiger partial charge in [-0.3, -0.25) is 4.90 Å². The zero-order chi connectivity index (χ0) is 17.6. The Hall–Kier alpha value is -1.59. The van der Waals surface area contributed by atoms with Crippen LogP contribution >= 0.6 is 0 Å². The number of amides is 2. The monoisotopic (exact) mass is 344 g/mol. The topological polar surface area (TPSA) is 38.8 Å². The second kappa shape index (κ2) is 8.68. The van der Waals surface area contributed by atoms with Crippen LogP contribution in [0.25, 0.3) is 0 Å². The first-order chi connectivity index (χ1) is 12.1. The molecule has 5 nitrogen and oxygen atoms in total. The van der Waals surface area contributed by atoms with E-state index in [0.29, 0.717) is 6.04 Å². The Morgan fingerprint density at radius 1 is 1.12 bits per heavy atom. The fraction of sp³-hybridized carbons (Fsp3) is 0.650. The zero-order valence-corrected chi connectivity index (χ0v) is 15.7. The SMILES string of the molecule is C[C@H]1CCCCN1C(=O)N[C@H](CN1CCN(C)CC1)c1ccccc1. The molecule has 2 fully saturated rings. The third-order valence-corrected chi connectivity index (χ3v) is 5.60. The maximum absolute atomic E-state index is 12.9. The van der Waals surface area contributed by atoms with Crippen LogP contribution in [0.15, 0.2) is 30.3 Å². The maximum atomic E-state index is 12.9. The number of nitrogens with one attached hydrogen (secondary N) is 1. The molecular formula is C20H32N4O. The number of urea groups is 1. The Bertz CT molecular complexity index is 542. The van der Waals surface area contributed by atoms with Crippen molar-refractivity contribution in [3.8, 4) is 0 Å². The van der Waals surface area contributed by atoms with Crippen molar-refractivity contribution in [2.75, 3.05) is 46.3 Å². The van der Waals surface area contributed by atoms with E-state index in [4.69, 9.17) is 0 Å². The fourth-order valence-electron chi connectivity index (χ4n) is 3.84. The quantitative estimate of drug-likeness (QED) is 0.912. The molecule has 2 saturated heterocycles. The molecule has 3 rings (SSSR count). The Morgan fingerprint density at radius 2 is 1.84 bits per heavy atom. The molecule has 138 valence electrons. The van der Waals surface area contributed by atoms with Gasteiger partial charge in [-0.2, -0.15) is 0 Å². The van der Waals surface area contributed by atoms with E-state index in [0.717, 1.165) is 52.1 Å². The normalized spacial score (nSPS) is 24.1. The molecule has 0 unspecified atom stereocenters. The van der Waals surface area contributed by atoms with Crippen LogP contribution in [0.3, 0.4) is 0 Å². The fourth-order valence-corrected chi connectivity index (χ4v) is 3.84. The summed E-state index contributed by atoms with van der Waals surface area (Å²) in [6.07, 6.45) is 3.46. The molecule has 2 aliphatic rings. The average Bonchev–Trinajstić information content (AvgIpc) is 2.64. The Labute approximate surface area is 152 Å². The minimum Gasteiger partial charge on any atom is -0.330 e. The van der Waals surface area contributed by atoms with Crippen LogP contribution in [-0.4, -0.2) is 73.1 Å². The van der Waals surface area contributed by atoms with Crippen molar-refractivity contribution < 1.29 is 4.79 Å². The molecular weight excluding hydrogens is 312 g/mol. The van der Waals surface area contributed by atoms with Crippen molar-refractivity contribution >= 4 is 6.03 Å². The lowest BCUT2D eigenvalue weighted by molar-refractivity contribution is 0.131. The zero-order valence-electron chi connectivity index (χ0n) is 15.7. The van der Waals surface area contributed by atoms with Gasteiger partial charge >= 0.3 is 6.03 Å². The maximum Gasteiger partial charge on any atom is 0.318 e. The van der Waals surface area contributed by atoms with Gasteiger partial charge in [-0.05, 0) is 38.8 Å². The van der Waals surface area contributed by atoms with Crippen LogP contribution < -0.4 is 5.32 Å². The molecule has 1 aromatic carbocycles. The summed E-state index contributed by atoms with van der Waals surface area (Å²) in [4.78, 5) is 19.7. The van der Waals surface area contributed by atoms with Crippen LogP contribution in [0.5, 0.6) is 0 Å². The second-order valence-electron chi connectivity index (χ2n) is 7.55. The molecule has 2 aliphatic heterocycles.